The zero-order valence-electron chi connectivity index (χ0n) is 6.98. The maximum absolute atomic E-state index is 5.35. The number of rotatable bonds is 2. The van der Waals surface area contributed by atoms with E-state index in [0.29, 0.717) is 0 Å². The molecule has 0 unspecified atom stereocenters. The fourth-order valence-corrected chi connectivity index (χ4v) is 1.39. The molecule has 0 atom stereocenters. The molecule has 0 radical (unpaired) electrons. The van der Waals surface area contributed by atoms with Crippen molar-refractivity contribution in [1.82, 2.24) is 0 Å². The van der Waals surface area contributed by atoms with E-state index < -0.39 is 0 Å². The van der Waals surface area contributed by atoms with E-state index in [1.165, 1.54) is 17.5 Å². The van der Waals surface area contributed by atoms with Gasteiger partial charge in [0.05, 0.1) is 0 Å². The minimum absolute atomic E-state index is 1.12. The van der Waals surface area contributed by atoms with Gasteiger partial charge in [-0.25, -0.2) is 0 Å². The lowest BCUT2D eigenvalue weighted by atomic mass is 10.1. The van der Waals surface area contributed by atoms with Crippen LogP contribution < -0.4 is 4.74 Å². The van der Waals surface area contributed by atoms with Crippen molar-refractivity contribution in [3.63, 3.8) is 0 Å². The van der Waals surface area contributed by atoms with Crippen molar-refractivity contribution in [2.45, 2.75) is 26.7 Å². The minimum Gasteiger partial charge on any atom is -0.449 e. The van der Waals surface area contributed by atoms with E-state index in [-0.39, 0.29) is 0 Å². The Hall–Kier alpha value is -0.980. The van der Waals surface area contributed by atoms with Gasteiger partial charge >= 0.3 is 0 Å². The molecule has 0 spiro atoms. The van der Waals surface area contributed by atoms with Gasteiger partial charge in [-0.15, -0.1) is 0 Å². The van der Waals surface area contributed by atoms with Crippen molar-refractivity contribution in [2.75, 3.05) is 0 Å². The lowest BCUT2D eigenvalue weighted by Gasteiger charge is -1.92. The maximum atomic E-state index is 5.35. The summed E-state index contributed by atoms with van der Waals surface area (Å²) in [6.07, 6.45) is 2.33. The normalized spacial score (nSPS) is 12.2. The standard InChI is InChI=1S/C10H12O/c1-3-4-8-6-5-7(2)9-10(8)11-9/h5-6H,3-4H2,1-2H3. The average molecular weight is 148 g/mol. The van der Waals surface area contributed by atoms with Crippen molar-refractivity contribution in [2.24, 2.45) is 0 Å². The summed E-state index contributed by atoms with van der Waals surface area (Å²) >= 11 is 0. The van der Waals surface area contributed by atoms with E-state index in [1.54, 1.807) is 0 Å². The van der Waals surface area contributed by atoms with Gasteiger partial charge in [0.1, 0.15) is 0 Å². The van der Waals surface area contributed by atoms with E-state index in [0.717, 1.165) is 17.9 Å². The molecule has 1 heterocycles. The minimum atomic E-state index is 1.12. The second-order valence-corrected chi connectivity index (χ2v) is 3.05. The molecule has 1 aromatic carbocycles. The Kier molecular flexibility index (Phi) is 1.38. The highest BCUT2D eigenvalue weighted by Gasteiger charge is 2.25. The van der Waals surface area contributed by atoms with E-state index in [9.17, 15) is 0 Å². The Morgan fingerprint density at radius 2 is 2.09 bits per heavy atom. The molecule has 2 rings (SSSR count). The van der Waals surface area contributed by atoms with Gasteiger partial charge in [0.15, 0.2) is 11.5 Å². The van der Waals surface area contributed by atoms with Gasteiger partial charge in [0, 0.05) is 0 Å². The number of hydrogen-bond donors (Lipinski definition) is 0. The number of benzene rings is 1. The predicted octanol–water partition coefficient (Wildman–Crippen LogP) is 3.05. The van der Waals surface area contributed by atoms with Gasteiger partial charge in [-0.2, -0.15) is 0 Å². The molecule has 1 aliphatic heterocycles. The van der Waals surface area contributed by atoms with Crippen LogP contribution in [0.1, 0.15) is 24.5 Å². The molecule has 1 aromatic rings. The van der Waals surface area contributed by atoms with E-state index >= 15 is 0 Å². The Morgan fingerprint density at radius 3 is 2.82 bits per heavy atom. The third-order valence-electron chi connectivity index (χ3n) is 2.07. The highest BCUT2D eigenvalue weighted by atomic mass is 16.6. The first kappa shape index (κ1) is 6.71. The van der Waals surface area contributed by atoms with E-state index in [1.807, 2.05) is 0 Å². The molecule has 0 amide bonds. The van der Waals surface area contributed by atoms with Gasteiger partial charge in [-0.1, -0.05) is 25.5 Å². The van der Waals surface area contributed by atoms with Crippen LogP contribution in [0.3, 0.4) is 0 Å². The van der Waals surface area contributed by atoms with Gasteiger partial charge in [-0.05, 0) is 24.5 Å². The zero-order valence-corrected chi connectivity index (χ0v) is 6.98. The first-order valence-electron chi connectivity index (χ1n) is 4.13. The van der Waals surface area contributed by atoms with Gasteiger partial charge < -0.3 is 4.74 Å². The van der Waals surface area contributed by atoms with Gasteiger partial charge in [0.25, 0.3) is 0 Å². The first-order valence-corrected chi connectivity index (χ1v) is 4.13. The third-order valence-corrected chi connectivity index (χ3v) is 2.07. The molecule has 0 aromatic heterocycles. The van der Waals surface area contributed by atoms with Crippen molar-refractivity contribution in [3.05, 3.63) is 23.3 Å². The maximum Gasteiger partial charge on any atom is 0.173 e. The molecule has 0 saturated heterocycles. The average Bonchev–Trinajstić information content (AvgIpc) is 2.75. The summed E-state index contributed by atoms with van der Waals surface area (Å²) in [4.78, 5) is 0. The Morgan fingerprint density at radius 1 is 1.27 bits per heavy atom. The topological polar surface area (TPSA) is 12.5 Å². The molecule has 0 saturated carbocycles. The van der Waals surface area contributed by atoms with E-state index in [4.69, 9.17) is 4.74 Å². The van der Waals surface area contributed by atoms with E-state index in [2.05, 4.69) is 26.0 Å². The SMILES string of the molecule is CCCc1ccc(C)c2c1O2. The number of aryl methyl sites for hydroxylation is 2. The summed E-state index contributed by atoms with van der Waals surface area (Å²) in [6, 6.07) is 4.31. The summed E-state index contributed by atoms with van der Waals surface area (Å²) in [6.45, 7) is 4.27. The van der Waals surface area contributed by atoms with Gasteiger partial charge in [-0.3, -0.25) is 0 Å². The van der Waals surface area contributed by atoms with Crippen LogP contribution in [-0.4, -0.2) is 0 Å². The largest absolute Gasteiger partial charge is 0.449 e. The zero-order chi connectivity index (χ0) is 7.84. The quantitative estimate of drug-likeness (QED) is 0.596. The van der Waals surface area contributed by atoms with Crippen LogP contribution in [0.5, 0.6) is 11.5 Å². The van der Waals surface area contributed by atoms with Crippen LogP contribution >= 0.6 is 0 Å². The second-order valence-electron chi connectivity index (χ2n) is 3.05. The lowest BCUT2D eigenvalue weighted by Crippen LogP contribution is -1.77. The van der Waals surface area contributed by atoms with Crippen LogP contribution in [-0.2, 0) is 6.42 Å². The monoisotopic (exact) mass is 148 g/mol. The summed E-state index contributed by atoms with van der Waals surface area (Å²) in [5, 5.41) is 0. The predicted molar refractivity (Wildman–Crippen MR) is 45.2 cm³/mol. The molecule has 58 valence electrons. The summed E-state index contributed by atoms with van der Waals surface area (Å²) < 4.78 is 5.35. The smallest absolute Gasteiger partial charge is 0.173 e. The molecule has 11 heavy (non-hydrogen) atoms. The van der Waals surface area contributed by atoms with Crippen molar-refractivity contribution in [1.29, 1.82) is 0 Å². The third kappa shape index (κ3) is 1.01. The number of hydrogen-bond acceptors (Lipinski definition) is 1. The van der Waals surface area contributed by atoms with Crippen LogP contribution in [0, 0.1) is 6.92 Å². The molecular formula is C10H12O. The molecule has 1 aliphatic rings. The summed E-state index contributed by atoms with van der Waals surface area (Å²) in [7, 11) is 0. The van der Waals surface area contributed by atoms with Crippen molar-refractivity contribution >= 4 is 0 Å². The highest BCUT2D eigenvalue weighted by Crippen LogP contribution is 2.50. The number of fused-ring (bicyclic) bond motifs is 1. The summed E-state index contributed by atoms with van der Waals surface area (Å²) in [5.74, 6) is 2.27. The number of ether oxygens (including phenoxy) is 1. The summed E-state index contributed by atoms with van der Waals surface area (Å²) in [5.41, 5.74) is 2.63. The molecule has 0 N–H and O–H groups in total. The molecule has 0 aliphatic carbocycles. The first-order chi connectivity index (χ1) is 5.33. The Bertz CT molecular complexity index is 289. The fraction of sp³-hybridized carbons (Fsp3) is 0.400. The van der Waals surface area contributed by atoms with Crippen LogP contribution in [0.25, 0.3) is 0 Å². The van der Waals surface area contributed by atoms with Crippen LogP contribution in [0.4, 0.5) is 0 Å². The molecule has 0 fully saturated rings. The van der Waals surface area contributed by atoms with Crippen LogP contribution in [0.15, 0.2) is 12.1 Å². The van der Waals surface area contributed by atoms with Gasteiger partial charge in [0.2, 0.25) is 0 Å². The Balaban J connectivity index is 2.33. The molecule has 0 bridgehead atoms. The second kappa shape index (κ2) is 2.26. The fourth-order valence-electron chi connectivity index (χ4n) is 1.39. The Labute approximate surface area is 67.0 Å². The molecule has 1 nitrogen and oxygen atoms in total. The lowest BCUT2D eigenvalue weighted by molar-refractivity contribution is 0.639. The molecule has 1 heteroatoms. The van der Waals surface area contributed by atoms with Crippen molar-refractivity contribution in [3.8, 4) is 11.5 Å². The van der Waals surface area contributed by atoms with Crippen LogP contribution in [0.2, 0.25) is 0 Å². The molecular weight excluding hydrogens is 136 g/mol. The van der Waals surface area contributed by atoms with Crippen molar-refractivity contribution < 1.29 is 4.74 Å². The highest BCUT2D eigenvalue weighted by molar-refractivity contribution is 5.63.